The van der Waals surface area contributed by atoms with Gasteiger partial charge in [-0.3, -0.25) is 4.79 Å². The summed E-state index contributed by atoms with van der Waals surface area (Å²) >= 11 is 1.58. The summed E-state index contributed by atoms with van der Waals surface area (Å²) in [6.45, 7) is 4.50. The summed E-state index contributed by atoms with van der Waals surface area (Å²) in [5.74, 6) is 0.0790. The van der Waals surface area contributed by atoms with Crippen LogP contribution in [0.2, 0.25) is 0 Å². The number of thiazole rings is 1. The Balaban J connectivity index is 1.96. The topological polar surface area (TPSA) is 68.0 Å². The molecule has 2 rings (SSSR count). The molecule has 17 heavy (non-hydrogen) atoms. The quantitative estimate of drug-likeness (QED) is 0.859. The van der Waals surface area contributed by atoms with E-state index in [-0.39, 0.29) is 11.9 Å². The van der Waals surface area contributed by atoms with Gasteiger partial charge in [0.1, 0.15) is 0 Å². The first-order valence-electron chi connectivity index (χ1n) is 5.97. The lowest BCUT2D eigenvalue weighted by Crippen LogP contribution is -2.47. The zero-order valence-corrected chi connectivity index (χ0v) is 11.1. The fourth-order valence-electron chi connectivity index (χ4n) is 2.33. The average molecular weight is 253 g/mol. The lowest BCUT2D eigenvalue weighted by atomic mass is 9.84. The number of nitrogens with zero attached hydrogens (tertiary/aromatic N) is 1. The van der Waals surface area contributed by atoms with Gasteiger partial charge in [-0.1, -0.05) is 6.42 Å². The van der Waals surface area contributed by atoms with Gasteiger partial charge in [0, 0.05) is 10.9 Å². The molecule has 1 heterocycles. The summed E-state index contributed by atoms with van der Waals surface area (Å²) in [6.07, 6.45) is 2.88. The Bertz CT molecular complexity index is 418. The van der Waals surface area contributed by atoms with Crippen LogP contribution in [0.3, 0.4) is 0 Å². The van der Waals surface area contributed by atoms with Crippen molar-refractivity contribution >= 4 is 17.2 Å². The molecule has 4 nitrogen and oxygen atoms in total. The van der Waals surface area contributed by atoms with Crippen molar-refractivity contribution in [1.82, 2.24) is 10.3 Å². The third-order valence-corrected chi connectivity index (χ3v) is 4.74. The van der Waals surface area contributed by atoms with Crippen LogP contribution in [0, 0.1) is 12.3 Å². The number of carbonyl (C=O) groups is 1. The molecule has 0 aromatic carbocycles. The highest BCUT2D eigenvalue weighted by Gasteiger charge is 2.42. The van der Waals surface area contributed by atoms with Gasteiger partial charge in [0.2, 0.25) is 5.91 Å². The van der Waals surface area contributed by atoms with Gasteiger partial charge in [0.05, 0.1) is 23.2 Å². The third-order valence-electron chi connectivity index (χ3n) is 3.80. The molecule has 1 fully saturated rings. The monoisotopic (exact) mass is 253 g/mol. The van der Waals surface area contributed by atoms with Crippen LogP contribution < -0.4 is 11.1 Å². The van der Waals surface area contributed by atoms with E-state index in [0.29, 0.717) is 6.54 Å². The molecule has 1 amide bonds. The average Bonchev–Trinajstić information content (AvgIpc) is 2.84. The van der Waals surface area contributed by atoms with E-state index in [2.05, 4.69) is 10.3 Å². The van der Waals surface area contributed by atoms with E-state index in [0.717, 1.165) is 29.8 Å². The molecule has 1 aliphatic rings. The molecule has 0 bridgehead atoms. The number of nitrogens with two attached hydrogens (primary N) is 1. The third kappa shape index (κ3) is 2.35. The minimum absolute atomic E-state index is 0.00921. The zero-order chi connectivity index (χ0) is 12.5. The molecule has 0 spiro atoms. The van der Waals surface area contributed by atoms with E-state index in [1.807, 2.05) is 13.8 Å². The number of rotatable bonds is 3. The lowest BCUT2D eigenvalue weighted by Gasteiger charge is -2.27. The van der Waals surface area contributed by atoms with Crippen LogP contribution in [0.15, 0.2) is 5.51 Å². The molecule has 0 saturated heterocycles. The predicted octanol–water partition coefficient (Wildman–Crippen LogP) is 1.59. The first-order valence-corrected chi connectivity index (χ1v) is 6.85. The number of amides is 1. The number of aryl methyl sites for hydroxylation is 1. The maximum absolute atomic E-state index is 12.2. The summed E-state index contributed by atoms with van der Waals surface area (Å²) in [5.41, 5.74) is 8.43. The van der Waals surface area contributed by atoms with E-state index in [1.165, 1.54) is 0 Å². The smallest absolute Gasteiger partial charge is 0.227 e. The Morgan fingerprint density at radius 2 is 2.53 bits per heavy atom. The van der Waals surface area contributed by atoms with E-state index < -0.39 is 5.41 Å². The minimum Gasteiger partial charge on any atom is -0.351 e. The Hall–Kier alpha value is -0.940. The molecule has 0 radical (unpaired) electrons. The fraction of sp³-hybridized carbons (Fsp3) is 0.667. The minimum atomic E-state index is -0.390. The highest BCUT2D eigenvalue weighted by Crippen LogP contribution is 2.36. The molecule has 1 aromatic rings. The first-order chi connectivity index (χ1) is 8.04. The zero-order valence-electron chi connectivity index (χ0n) is 10.3. The maximum Gasteiger partial charge on any atom is 0.227 e. The van der Waals surface area contributed by atoms with Crippen molar-refractivity contribution in [2.24, 2.45) is 11.1 Å². The van der Waals surface area contributed by atoms with Crippen LogP contribution in [-0.4, -0.2) is 16.9 Å². The Kier molecular flexibility index (Phi) is 3.49. The van der Waals surface area contributed by atoms with E-state index in [9.17, 15) is 4.79 Å². The molecule has 3 N–H and O–H groups in total. The summed E-state index contributed by atoms with van der Waals surface area (Å²) in [7, 11) is 0. The molecule has 1 aromatic heterocycles. The van der Waals surface area contributed by atoms with Gasteiger partial charge >= 0.3 is 0 Å². The Morgan fingerprint density at radius 1 is 1.76 bits per heavy atom. The van der Waals surface area contributed by atoms with Crippen LogP contribution in [-0.2, 0) is 11.3 Å². The van der Waals surface area contributed by atoms with Gasteiger partial charge in [0.25, 0.3) is 0 Å². The van der Waals surface area contributed by atoms with Crippen LogP contribution in [0.5, 0.6) is 0 Å². The number of hydrogen-bond acceptors (Lipinski definition) is 4. The van der Waals surface area contributed by atoms with Gasteiger partial charge in [-0.2, -0.15) is 0 Å². The number of aromatic nitrogens is 1. The van der Waals surface area contributed by atoms with Gasteiger partial charge in [-0.05, 0) is 26.7 Å². The number of carbonyl (C=O) groups excluding carboxylic acids is 1. The second-order valence-corrected chi connectivity index (χ2v) is 5.90. The van der Waals surface area contributed by atoms with Gasteiger partial charge < -0.3 is 11.1 Å². The molecule has 2 unspecified atom stereocenters. The second-order valence-electron chi connectivity index (χ2n) is 4.96. The van der Waals surface area contributed by atoms with Gasteiger partial charge in [-0.25, -0.2) is 4.98 Å². The van der Waals surface area contributed by atoms with Crippen LogP contribution in [0.25, 0.3) is 0 Å². The normalized spacial score (nSPS) is 28.3. The summed E-state index contributed by atoms with van der Waals surface area (Å²) in [4.78, 5) is 17.5. The highest BCUT2D eigenvalue weighted by atomic mass is 32.1. The SMILES string of the molecule is Cc1ncsc1CNC(=O)C1(C)CCCC1N. The van der Waals surface area contributed by atoms with E-state index >= 15 is 0 Å². The van der Waals surface area contributed by atoms with Crippen molar-refractivity contribution in [3.8, 4) is 0 Å². The van der Waals surface area contributed by atoms with Crippen LogP contribution >= 0.6 is 11.3 Å². The van der Waals surface area contributed by atoms with E-state index in [4.69, 9.17) is 5.73 Å². The molecular formula is C12H19N3OS. The number of hydrogen-bond donors (Lipinski definition) is 2. The van der Waals surface area contributed by atoms with Crippen molar-refractivity contribution < 1.29 is 4.79 Å². The molecular weight excluding hydrogens is 234 g/mol. The molecule has 1 aliphatic carbocycles. The summed E-state index contributed by atoms with van der Waals surface area (Å²) in [6, 6.07) is -0.00921. The fourth-order valence-corrected chi connectivity index (χ4v) is 3.05. The van der Waals surface area contributed by atoms with Crippen molar-refractivity contribution in [1.29, 1.82) is 0 Å². The molecule has 0 aliphatic heterocycles. The molecule has 2 atom stereocenters. The summed E-state index contributed by atoms with van der Waals surface area (Å²) in [5, 5.41) is 2.99. The largest absolute Gasteiger partial charge is 0.351 e. The molecule has 94 valence electrons. The predicted molar refractivity (Wildman–Crippen MR) is 68.6 cm³/mol. The van der Waals surface area contributed by atoms with Crippen molar-refractivity contribution in [2.45, 2.75) is 45.7 Å². The molecule has 1 saturated carbocycles. The van der Waals surface area contributed by atoms with Gasteiger partial charge in [-0.15, -0.1) is 11.3 Å². The first kappa shape index (κ1) is 12.5. The van der Waals surface area contributed by atoms with Crippen LogP contribution in [0.1, 0.15) is 36.8 Å². The van der Waals surface area contributed by atoms with Crippen molar-refractivity contribution in [3.63, 3.8) is 0 Å². The number of nitrogens with one attached hydrogen (secondary N) is 1. The van der Waals surface area contributed by atoms with Crippen molar-refractivity contribution in [3.05, 3.63) is 16.1 Å². The van der Waals surface area contributed by atoms with Crippen molar-refractivity contribution in [2.75, 3.05) is 0 Å². The Morgan fingerprint density at radius 3 is 3.06 bits per heavy atom. The maximum atomic E-state index is 12.2. The summed E-state index contributed by atoms with van der Waals surface area (Å²) < 4.78 is 0. The van der Waals surface area contributed by atoms with Crippen LogP contribution in [0.4, 0.5) is 0 Å². The molecule has 5 heteroatoms. The Labute approximate surface area is 106 Å². The standard InChI is InChI=1S/C12H19N3OS/c1-8-9(17-7-15-8)6-14-11(16)12(2)5-3-4-10(12)13/h7,10H,3-6,13H2,1-2H3,(H,14,16). The second kappa shape index (κ2) is 4.74. The lowest BCUT2D eigenvalue weighted by molar-refractivity contribution is -0.130. The van der Waals surface area contributed by atoms with Gasteiger partial charge in [0.15, 0.2) is 0 Å². The van der Waals surface area contributed by atoms with E-state index in [1.54, 1.807) is 16.8 Å². The highest BCUT2D eigenvalue weighted by molar-refractivity contribution is 7.09.